The monoisotopic (exact) mass is 354 g/mol. The van der Waals surface area contributed by atoms with Gasteiger partial charge in [-0.15, -0.1) is 0 Å². The highest BCUT2D eigenvalue weighted by Crippen LogP contribution is 2.29. The Morgan fingerprint density at radius 3 is 2.67 bits per heavy atom. The molecule has 1 aromatic carbocycles. The molecule has 21 heavy (non-hydrogen) atoms. The summed E-state index contributed by atoms with van der Waals surface area (Å²) in [5, 5.41) is 13.7. The number of likely N-dealkylation sites (tertiary alicyclic amines) is 1. The number of aromatic hydroxyl groups is 1. The van der Waals surface area contributed by atoms with Crippen molar-refractivity contribution in [3.8, 4) is 5.75 Å². The number of hydrogen-bond donors (Lipinski definition) is 2. The highest BCUT2D eigenvalue weighted by molar-refractivity contribution is 9.10. The van der Waals surface area contributed by atoms with Crippen LogP contribution in [0.25, 0.3) is 0 Å². The Labute approximate surface area is 136 Å². The van der Waals surface area contributed by atoms with Gasteiger partial charge in [0.05, 0.1) is 0 Å². The Morgan fingerprint density at radius 1 is 1.33 bits per heavy atom. The molecule has 0 radical (unpaired) electrons. The van der Waals surface area contributed by atoms with Crippen molar-refractivity contribution < 1.29 is 5.11 Å². The molecule has 0 aliphatic carbocycles. The van der Waals surface area contributed by atoms with E-state index < -0.39 is 0 Å². The largest absolute Gasteiger partial charge is 0.508 e. The summed E-state index contributed by atoms with van der Waals surface area (Å²) < 4.78 is 1.02. The molecule has 1 saturated heterocycles. The van der Waals surface area contributed by atoms with Crippen molar-refractivity contribution in [2.24, 2.45) is 5.92 Å². The van der Waals surface area contributed by atoms with Crippen LogP contribution in [0, 0.1) is 5.92 Å². The van der Waals surface area contributed by atoms with E-state index in [0.29, 0.717) is 5.75 Å². The van der Waals surface area contributed by atoms with E-state index in [1.54, 1.807) is 6.07 Å². The van der Waals surface area contributed by atoms with Crippen molar-refractivity contribution in [3.63, 3.8) is 0 Å². The zero-order chi connectivity index (χ0) is 15.2. The Balaban J connectivity index is 1.90. The van der Waals surface area contributed by atoms with Crippen LogP contribution in [0.5, 0.6) is 5.75 Å². The second-order valence-corrected chi connectivity index (χ2v) is 6.87. The van der Waals surface area contributed by atoms with E-state index in [0.717, 1.165) is 28.9 Å². The van der Waals surface area contributed by atoms with E-state index in [-0.39, 0.29) is 6.04 Å². The maximum atomic E-state index is 10.1. The number of rotatable bonds is 6. The van der Waals surface area contributed by atoms with E-state index in [4.69, 9.17) is 0 Å². The average molecular weight is 355 g/mol. The predicted molar refractivity (Wildman–Crippen MR) is 91.7 cm³/mol. The van der Waals surface area contributed by atoms with Gasteiger partial charge in [-0.1, -0.05) is 29.8 Å². The number of phenolic OH excluding ortho intramolecular Hbond substituents is 1. The SMILES string of the molecule is CCC(NCC1CCN(CC)CC1)c1cc(Br)ccc1O. The van der Waals surface area contributed by atoms with Crippen molar-refractivity contribution in [2.45, 2.75) is 39.2 Å². The molecule has 0 amide bonds. The second-order valence-electron chi connectivity index (χ2n) is 5.95. The number of piperidine rings is 1. The molecule has 1 aliphatic rings. The zero-order valence-electron chi connectivity index (χ0n) is 13.1. The van der Waals surface area contributed by atoms with Crippen molar-refractivity contribution in [1.29, 1.82) is 0 Å². The molecule has 1 atom stereocenters. The molecule has 1 fully saturated rings. The molecule has 0 aromatic heterocycles. The van der Waals surface area contributed by atoms with E-state index in [1.165, 1.54) is 32.5 Å². The third kappa shape index (κ3) is 4.70. The van der Waals surface area contributed by atoms with Gasteiger partial charge in [-0.2, -0.15) is 0 Å². The summed E-state index contributed by atoms with van der Waals surface area (Å²) in [6.07, 6.45) is 3.54. The summed E-state index contributed by atoms with van der Waals surface area (Å²) in [5.41, 5.74) is 0.998. The van der Waals surface area contributed by atoms with E-state index in [9.17, 15) is 5.11 Å². The third-order valence-corrected chi connectivity index (χ3v) is 5.07. The number of halogens is 1. The lowest BCUT2D eigenvalue weighted by Crippen LogP contribution is -2.37. The molecule has 118 valence electrons. The molecule has 2 rings (SSSR count). The maximum Gasteiger partial charge on any atom is 0.120 e. The smallest absolute Gasteiger partial charge is 0.120 e. The van der Waals surface area contributed by atoms with Gasteiger partial charge in [0.2, 0.25) is 0 Å². The molecular weight excluding hydrogens is 328 g/mol. The van der Waals surface area contributed by atoms with Gasteiger partial charge in [0.25, 0.3) is 0 Å². The first-order valence-corrected chi connectivity index (χ1v) is 8.87. The molecule has 1 heterocycles. The van der Waals surface area contributed by atoms with Gasteiger partial charge in [0.1, 0.15) is 5.75 Å². The molecule has 1 unspecified atom stereocenters. The van der Waals surface area contributed by atoms with Crippen LogP contribution in [0.15, 0.2) is 22.7 Å². The summed E-state index contributed by atoms with van der Waals surface area (Å²) in [4.78, 5) is 2.52. The summed E-state index contributed by atoms with van der Waals surface area (Å²) in [7, 11) is 0. The molecule has 4 heteroatoms. The van der Waals surface area contributed by atoms with Crippen LogP contribution in [0.1, 0.15) is 44.7 Å². The van der Waals surface area contributed by atoms with Gasteiger partial charge >= 0.3 is 0 Å². The first-order valence-electron chi connectivity index (χ1n) is 8.08. The van der Waals surface area contributed by atoms with Gasteiger partial charge in [-0.05, 0) is 69.6 Å². The first kappa shape index (κ1) is 16.8. The number of nitrogens with one attached hydrogen (secondary N) is 1. The number of benzene rings is 1. The Kier molecular flexibility index (Phi) is 6.52. The molecule has 0 saturated carbocycles. The molecule has 1 aromatic rings. The minimum Gasteiger partial charge on any atom is -0.508 e. The molecular formula is C17H27BrN2O. The summed E-state index contributed by atoms with van der Waals surface area (Å²) in [6, 6.07) is 5.90. The highest BCUT2D eigenvalue weighted by atomic mass is 79.9. The van der Waals surface area contributed by atoms with Crippen LogP contribution >= 0.6 is 15.9 Å². The summed E-state index contributed by atoms with van der Waals surface area (Å²) in [5.74, 6) is 1.15. The Morgan fingerprint density at radius 2 is 2.05 bits per heavy atom. The second kappa shape index (κ2) is 8.16. The van der Waals surface area contributed by atoms with Crippen LogP contribution < -0.4 is 5.32 Å². The summed E-state index contributed by atoms with van der Waals surface area (Å²) in [6.45, 7) is 9.06. The van der Waals surface area contributed by atoms with Crippen molar-refractivity contribution in [2.75, 3.05) is 26.2 Å². The van der Waals surface area contributed by atoms with Crippen LogP contribution in [0.2, 0.25) is 0 Å². The third-order valence-electron chi connectivity index (χ3n) is 4.58. The van der Waals surface area contributed by atoms with E-state index >= 15 is 0 Å². The van der Waals surface area contributed by atoms with Crippen LogP contribution in [0.4, 0.5) is 0 Å². The van der Waals surface area contributed by atoms with Crippen LogP contribution in [-0.4, -0.2) is 36.2 Å². The lowest BCUT2D eigenvalue weighted by atomic mass is 9.95. The average Bonchev–Trinajstić information content (AvgIpc) is 2.51. The topological polar surface area (TPSA) is 35.5 Å². The van der Waals surface area contributed by atoms with Crippen molar-refractivity contribution in [1.82, 2.24) is 10.2 Å². The normalized spacial score (nSPS) is 18.8. The number of phenols is 1. The highest BCUT2D eigenvalue weighted by Gasteiger charge is 2.20. The van der Waals surface area contributed by atoms with Crippen LogP contribution in [-0.2, 0) is 0 Å². The van der Waals surface area contributed by atoms with E-state index in [2.05, 4.69) is 40.0 Å². The zero-order valence-corrected chi connectivity index (χ0v) is 14.7. The lowest BCUT2D eigenvalue weighted by molar-refractivity contribution is 0.187. The lowest BCUT2D eigenvalue weighted by Gasteiger charge is -2.32. The van der Waals surface area contributed by atoms with Gasteiger partial charge < -0.3 is 15.3 Å². The maximum absolute atomic E-state index is 10.1. The van der Waals surface area contributed by atoms with Crippen LogP contribution in [0.3, 0.4) is 0 Å². The van der Waals surface area contributed by atoms with Gasteiger partial charge in [0.15, 0.2) is 0 Å². The van der Waals surface area contributed by atoms with Gasteiger partial charge in [0, 0.05) is 16.1 Å². The Hall–Kier alpha value is -0.580. The minimum atomic E-state index is 0.228. The number of nitrogens with zero attached hydrogens (tertiary/aromatic N) is 1. The quantitative estimate of drug-likeness (QED) is 0.812. The standard InChI is InChI=1S/C17H27BrN2O/c1-3-16(15-11-14(18)5-6-17(15)21)19-12-13-7-9-20(4-2)10-8-13/h5-6,11,13,16,19,21H,3-4,7-10,12H2,1-2H3. The fraction of sp³-hybridized carbons (Fsp3) is 0.647. The predicted octanol–water partition coefficient (Wildman–Crippen LogP) is 3.93. The molecule has 0 bridgehead atoms. The Bertz CT molecular complexity index is 444. The summed E-state index contributed by atoms with van der Waals surface area (Å²) >= 11 is 3.49. The molecule has 0 spiro atoms. The van der Waals surface area contributed by atoms with Crippen molar-refractivity contribution in [3.05, 3.63) is 28.2 Å². The fourth-order valence-corrected chi connectivity index (χ4v) is 3.47. The molecule has 3 nitrogen and oxygen atoms in total. The van der Waals surface area contributed by atoms with E-state index in [1.807, 2.05) is 12.1 Å². The first-order chi connectivity index (χ1) is 10.1. The molecule has 1 aliphatic heterocycles. The fourth-order valence-electron chi connectivity index (χ4n) is 3.09. The van der Waals surface area contributed by atoms with Gasteiger partial charge in [-0.3, -0.25) is 0 Å². The van der Waals surface area contributed by atoms with Crippen molar-refractivity contribution >= 4 is 15.9 Å². The minimum absolute atomic E-state index is 0.228. The van der Waals surface area contributed by atoms with Gasteiger partial charge in [-0.25, -0.2) is 0 Å². The molecule has 2 N–H and O–H groups in total. The number of hydrogen-bond acceptors (Lipinski definition) is 3.